The van der Waals surface area contributed by atoms with Gasteiger partial charge in [0.2, 0.25) is 5.91 Å². The largest absolute Gasteiger partial charge is 0.326 e. The number of aryl methyl sites for hydroxylation is 2. The van der Waals surface area contributed by atoms with Gasteiger partial charge in [-0.05, 0) is 30.2 Å². The number of amides is 1. The summed E-state index contributed by atoms with van der Waals surface area (Å²) in [4.78, 5) is 11.4. The fraction of sp³-hybridized carbons (Fsp3) is 0.286. The molecule has 2 aromatic rings. The number of sulfone groups is 1. The number of halogens is 1. The second-order valence-corrected chi connectivity index (χ2v) is 6.97. The molecule has 0 aliphatic carbocycles. The maximum absolute atomic E-state index is 13.5. The molecule has 0 radical (unpaired) electrons. The van der Waals surface area contributed by atoms with E-state index in [1.54, 1.807) is 17.9 Å². The minimum atomic E-state index is -3.68. The van der Waals surface area contributed by atoms with Gasteiger partial charge in [0.05, 0.1) is 6.20 Å². The van der Waals surface area contributed by atoms with Crippen LogP contribution < -0.4 is 5.32 Å². The summed E-state index contributed by atoms with van der Waals surface area (Å²) in [6.07, 6.45) is 5.14. The number of nitrogens with zero attached hydrogens (tertiary/aromatic N) is 2. The highest BCUT2D eigenvalue weighted by atomic mass is 32.2. The van der Waals surface area contributed by atoms with Crippen molar-refractivity contribution in [3.05, 3.63) is 42.0 Å². The van der Waals surface area contributed by atoms with Gasteiger partial charge in [0.1, 0.15) is 10.7 Å². The summed E-state index contributed by atoms with van der Waals surface area (Å²) in [5, 5.41) is 6.56. The van der Waals surface area contributed by atoms with Crippen molar-refractivity contribution in [1.29, 1.82) is 0 Å². The number of carbonyl (C=O) groups excluding carboxylic acids is 1. The van der Waals surface area contributed by atoms with Gasteiger partial charge in [-0.25, -0.2) is 12.8 Å². The second kappa shape index (κ2) is 6.27. The molecule has 6 nitrogen and oxygen atoms in total. The van der Waals surface area contributed by atoms with Gasteiger partial charge in [-0.3, -0.25) is 9.48 Å². The minimum Gasteiger partial charge on any atom is -0.326 e. The van der Waals surface area contributed by atoms with Crippen molar-refractivity contribution in [2.45, 2.75) is 17.7 Å². The zero-order valence-electron chi connectivity index (χ0n) is 12.2. The molecule has 118 valence electrons. The summed E-state index contributed by atoms with van der Waals surface area (Å²) in [5.74, 6) is -1.12. The summed E-state index contributed by atoms with van der Waals surface area (Å²) in [6.45, 7) is 0. The molecule has 1 aromatic heterocycles. The van der Waals surface area contributed by atoms with E-state index < -0.39 is 20.5 Å². The van der Waals surface area contributed by atoms with Crippen molar-refractivity contribution >= 4 is 21.4 Å². The first-order valence-electron chi connectivity index (χ1n) is 6.52. The molecular weight excluding hydrogens is 309 g/mol. The molecular formula is C14H16FN3O3S. The minimum absolute atomic E-state index is 0.220. The molecule has 8 heteroatoms. The van der Waals surface area contributed by atoms with Gasteiger partial charge < -0.3 is 5.32 Å². The van der Waals surface area contributed by atoms with Crippen molar-refractivity contribution in [2.24, 2.45) is 7.05 Å². The summed E-state index contributed by atoms with van der Waals surface area (Å²) >= 11 is 0. The van der Waals surface area contributed by atoms with E-state index in [0.717, 1.165) is 24.0 Å². The first-order chi connectivity index (χ1) is 10.3. The Morgan fingerprint density at radius 2 is 2.14 bits per heavy atom. The summed E-state index contributed by atoms with van der Waals surface area (Å²) in [7, 11) is -1.90. The highest BCUT2D eigenvalue weighted by molar-refractivity contribution is 7.90. The van der Waals surface area contributed by atoms with Gasteiger partial charge >= 0.3 is 0 Å². The Kier molecular flexibility index (Phi) is 4.60. The third-order valence-electron chi connectivity index (χ3n) is 3.01. The zero-order valence-corrected chi connectivity index (χ0v) is 13.0. The average Bonchev–Trinajstić information content (AvgIpc) is 2.83. The highest BCUT2D eigenvalue weighted by Gasteiger charge is 2.15. The van der Waals surface area contributed by atoms with E-state index in [-0.39, 0.29) is 18.0 Å². The van der Waals surface area contributed by atoms with Crippen molar-refractivity contribution in [2.75, 3.05) is 11.6 Å². The van der Waals surface area contributed by atoms with Crippen LogP contribution in [0.4, 0.5) is 10.1 Å². The fourth-order valence-electron chi connectivity index (χ4n) is 1.95. The van der Waals surface area contributed by atoms with Crippen LogP contribution >= 0.6 is 0 Å². The number of rotatable bonds is 5. The molecule has 0 fully saturated rings. The standard InChI is InChI=1S/C14H16FN3O3S/c1-18-9-10(8-16-18)3-6-14(19)17-11-4-5-12(15)13(7-11)22(2,20)21/h4-5,7-9H,3,6H2,1-2H3,(H,17,19). The normalized spacial score (nSPS) is 11.4. The molecule has 0 saturated carbocycles. The number of hydrogen-bond donors (Lipinski definition) is 1. The van der Waals surface area contributed by atoms with E-state index in [4.69, 9.17) is 0 Å². The van der Waals surface area contributed by atoms with Gasteiger partial charge in [-0.2, -0.15) is 5.10 Å². The maximum atomic E-state index is 13.5. The third kappa shape index (κ3) is 4.14. The molecule has 1 heterocycles. The smallest absolute Gasteiger partial charge is 0.224 e. The van der Waals surface area contributed by atoms with Crippen molar-refractivity contribution in [3.8, 4) is 0 Å². The van der Waals surface area contributed by atoms with Gasteiger partial charge in [0, 0.05) is 31.6 Å². The van der Waals surface area contributed by atoms with Crippen molar-refractivity contribution in [1.82, 2.24) is 9.78 Å². The summed E-state index contributed by atoms with van der Waals surface area (Å²) < 4.78 is 38.0. The van der Waals surface area contributed by atoms with E-state index in [0.29, 0.717) is 6.42 Å². The zero-order chi connectivity index (χ0) is 16.3. The molecule has 22 heavy (non-hydrogen) atoms. The number of benzene rings is 1. The van der Waals surface area contributed by atoms with E-state index in [1.165, 1.54) is 6.07 Å². The van der Waals surface area contributed by atoms with E-state index in [9.17, 15) is 17.6 Å². The van der Waals surface area contributed by atoms with Gasteiger partial charge in [-0.15, -0.1) is 0 Å². The first-order valence-corrected chi connectivity index (χ1v) is 8.42. The van der Waals surface area contributed by atoms with Crippen molar-refractivity contribution < 1.29 is 17.6 Å². The van der Waals surface area contributed by atoms with Crippen LogP contribution in [0.25, 0.3) is 0 Å². The van der Waals surface area contributed by atoms with Crippen LogP contribution in [0.5, 0.6) is 0 Å². The Hall–Kier alpha value is -2.22. The predicted molar refractivity (Wildman–Crippen MR) is 79.7 cm³/mol. The van der Waals surface area contributed by atoms with Gasteiger partial charge in [-0.1, -0.05) is 0 Å². The van der Waals surface area contributed by atoms with E-state index in [1.807, 2.05) is 6.20 Å². The summed E-state index contributed by atoms with van der Waals surface area (Å²) in [6, 6.07) is 3.46. The molecule has 0 aliphatic heterocycles. The molecule has 1 aromatic carbocycles. The lowest BCUT2D eigenvalue weighted by molar-refractivity contribution is -0.116. The second-order valence-electron chi connectivity index (χ2n) is 4.99. The summed E-state index contributed by atoms with van der Waals surface area (Å²) in [5.41, 5.74) is 1.17. The Morgan fingerprint density at radius 3 is 2.73 bits per heavy atom. The SMILES string of the molecule is Cn1cc(CCC(=O)Nc2ccc(F)c(S(C)(=O)=O)c2)cn1. The van der Waals surface area contributed by atoms with Crippen LogP contribution in [0.15, 0.2) is 35.5 Å². The van der Waals surface area contributed by atoms with Gasteiger partial charge in [0.25, 0.3) is 0 Å². The van der Waals surface area contributed by atoms with Gasteiger partial charge in [0.15, 0.2) is 9.84 Å². The average molecular weight is 325 g/mol. The number of carbonyl (C=O) groups is 1. The Labute approximate surface area is 127 Å². The van der Waals surface area contributed by atoms with Crippen LogP contribution in [0.3, 0.4) is 0 Å². The van der Waals surface area contributed by atoms with Crippen LogP contribution in [-0.2, 0) is 28.1 Å². The predicted octanol–water partition coefficient (Wildman–Crippen LogP) is 1.53. The number of anilines is 1. The maximum Gasteiger partial charge on any atom is 0.224 e. The Balaban J connectivity index is 2.02. The van der Waals surface area contributed by atoms with E-state index >= 15 is 0 Å². The molecule has 2 rings (SSSR count). The lowest BCUT2D eigenvalue weighted by Crippen LogP contribution is -2.13. The lowest BCUT2D eigenvalue weighted by atomic mass is 10.2. The first kappa shape index (κ1) is 16.2. The Morgan fingerprint density at radius 1 is 1.41 bits per heavy atom. The number of aromatic nitrogens is 2. The lowest BCUT2D eigenvalue weighted by Gasteiger charge is -2.07. The molecule has 0 saturated heterocycles. The van der Waals surface area contributed by atoms with Crippen LogP contribution in [0.1, 0.15) is 12.0 Å². The van der Waals surface area contributed by atoms with Crippen LogP contribution in [-0.4, -0.2) is 30.4 Å². The quantitative estimate of drug-likeness (QED) is 0.904. The molecule has 0 atom stereocenters. The monoisotopic (exact) mass is 325 g/mol. The van der Waals surface area contributed by atoms with Crippen molar-refractivity contribution in [3.63, 3.8) is 0 Å². The molecule has 0 bridgehead atoms. The highest BCUT2D eigenvalue weighted by Crippen LogP contribution is 2.19. The third-order valence-corrected chi connectivity index (χ3v) is 4.13. The number of nitrogens with one attached hydrogen (secondary N) is 1. The molecule has 0 unspecified atom stereocenters. The van der Waals surface area contributed by atoms with Crippen LogP contribution in [0, 0.1) is 5.82 Å². The molecule has 1 amide bonds. The Bertz CT molecular complexity index is 799. The molecule has 1 N–H and O–H groups in total. The molecule has 0 aliphatic rings. The number of hydrogen-bond acceptors (Lipinski definition) is 4. The fourth-order valence-corrected chi connectivity index (χ4v) is 2.71. The van der Waals surface area contributed by atoms with E-state index in [2.05, 4.69) is 10.4 Å². The topological polar surface area (TPSA) is 81.1 Å². The molecule has 0 spiro atoms. The van der Waals surface area contributed by atoms with Crippen LogP contribution in [0.2, 0.25) is 0 Å².